The monoisotopic (exact) mass is 550 g/mol. The van der Waals surface area contributed by atoms with Gasteiger partial charge in [0, 0.05) is 18.5 Å². The first-order valence-electron chi connectivity index (χ1n) is 14.2. The predicted octanol–water partition coefficient (Wildman–Crippen LogP) is 5.21. The Morgan fingerprint density at radius 3 is 2.60 bits per heavy atom. The molecule has 1 N–H and O–H groups in total. The molecular formula is C32H42N2O6. The molecule has 1 saturated heterocycles. The summed E-state index contributed by atoms with van der Waals surface area (Å²) in [7, 11) is 3.94. The molecule has 0 aliphatic carbocycles. The van der Waals surface area contributed by atoms with Crippen LogP contribution in [0.4, 0.5) is 0 Å². The third kappa shape index (κ3) is 6.44. The Bertz CT molecular complexity index is 1270. The van der Waals surface area contributed by atoms with E-state index < -0.39 is 17.7 Å². The summed E-state index contributed by atoms with van der Waals surface area (Å²) in [6.07, 6.45) is 2.35. The zero-order valence-corrected chi connectivity index (χ0v) is 24.5. The molecule has 0 spiro atoms. The summed E-state index contributed by atoms with van der Waals surface area (Å²) >= 11 is 0. The molecule has 8 heteroatoms. The second kappa shape index (κ2) is 12.8. The van der Waals surface area contributed by atoms with Crippen molar-refractivity contribution in [2.75, 3.05) is 40.4 Å². The van der Waals surface area contributed by atoms with Crippen LogP contribution in [0.2, 0.25) is 0 Å². The number of Topliss-reactive ketones (excluding diaryl/α,β-unsaturated/α-hetero) is 1. The maximum absolute atomic E-state index is 13.5. The first kappa shape index (κ1) is 29.5. The van der Waals surface area contributed by atoms with Crippen molar-refractivity contribution in [1.29, 1.82) is 0 Å². The van der Waals surface area contributed by atoms with Crippen molar-refractivity contribution in [1.82, 2.24) is 9.80 Å². The van der Waals surface area contributed by atoms with Crippen molar-refractivity contribution in [3.8, 4) is 17.2 Å². The fraction of sp³-hybridized carbons (Fsp3) is 0.500. The normalized spacial score (nSPS) is 19.9. The van der Waals surface area contributed by atoms with Gasteiger partial charge < -0.3 is 29.1 Å². The van der Waals surface area contributed by atoms with E-state index in [4.69, 9.17) is 14.2 Å². The summed E-state index contributed by atoms with van der Waals surface area (Å²) in [6.45, 7) is 10.3. The molecule has 0 unspecified atom stereocenters. The summed E-state index contributed by atoms with van der Waals surface area (Å²) in [6, 6.07) is 10.2. The number of likely N-dealkylation sites (tertiary alicyclic amines) is 1. The predicted molar refractivity (Wildman–Crippen MR) is 155 cm³/mol. The molecule has 2 atom stereocenters. The zero-order chi connectivity index (χ0) is 29.0. The number of aliphatic hydroxyl groups excluding tert-OH is 1. The third-order valence-electron chi connectivity index (χ3n) is 7.25. The van der Waals surface area contributed by atoms with E-state index in [1.807, 2.05) is 63.2 Å². The summed E-state index contributed by atoms with van der Waals surface area (Å²) in [5.41, 5.74) is 2.22. The second-order valence-electron chi connectivity index (χ2n) is 11.3. The Balaban J connectivity index is 1.77. The minimum absolute atomic E-state index is 0.0490. The molecule has 40 heavy (non-hydrogen) atoms. The lowest BCUT2D eigenvalue weighted by Gasteiger charge is -2.26. The van der Waals surface area contributed by atoms with Gasteiger partial charge in [-0.15, -0.1) is 0 Å². The van der Waals surface area contributed by atoms with Crippen molar-refractivity contribution in [3.63, 3.8) is 0 Å². The van der Waals surface area contributed by atoms with Crippen LogP contribution in [0.3, 0.4) is 0 Å². The van der Waals surface area contributed by atoms with Crippen LogP contribution in [-0.2, 0) is 16.0 Å². The molecule has 0 saturated carbocycles. The van der Waals surface area contributed by atoms with Crippen LogP contribution in [0.5, 0.6) is 17.2 Å². The Labute approximate surface area is 237 Å². The maximum Gasteiger partial charge on any atom is 0.295 e. The van der Waals surface area contributed by atoms with Gasteiger partial charge in [-0.3, -0.25) is 9.59 Å². The van der Waals surface area contributed by atoms with Crippen molar-refractivity contribution in [3.05, 3.63) is 58.7 Å². The molecule has 216 valence electrons. The third-order valence-corrected chi connectivity index (χ3v) is 7.25. The Kier molecular flexibility index (Phi) is 9.40. The highest BCUT2D eigenvalue weighted by Crippen LogP contribution is 2.43. The van der Waals surface area contributed by atoms with Crippen LogP contribution >= 0.6 is 0 Å². The van der Waals surface area contributed by atoms with E-state index in [0.717, 1.165) is 30.7 Å². The van der Waals surface area contributed by atoms with E-state index in [9.17, 15) is 14.7 Å². The van der Waals surface area contributed by atoms with Gasteiger partial charge in [-0.05, 0) is 94.7 Å². The van der Waals surface area contributed by atoms with Crippen LogP contribution in [0.25, 0.3) is 5.76 Å². The van der Waals surface area contributed by atoms with E-state index in [-0.39, 0.29) is 17.4 Å². The molecule has 2 aliphatic heterocycles. The van der Waals surface area contributed by atoms with E-state index in [1.54, 1.807) is 11.0 Å². The van der Waals surface area contributed by atoms with Gasteiger partial charge in [-0.25, -0.2) is 0 Å². The Hall–Kier alpha value is -3.52. The number of fused-ring (bicyclic) bond motifs is 1. The number of nitrogens with zero attached hydrogens (tertiary/aromatic N) is 2. The molecule has 0 aromatic heterocycles. The maximum atomic E-state index is 13.5. The van der Waals surface area contributed by atoms with Gasteiger partial charge >= 0.3 is 0 Å². The number of hydrogen-bond donors (Lipinski definition) is 1. The van der Waals surface area contributed by atoms with Gasteiger partial charge in [0.1, 0.15) is 17.6 Å². The smallest absolute Gasteiger partial charge is 0.295 e. The molecule has 2 heterocycles. The Morgan fingerprint density at radius 2 is 1.90 bits per heavy atom. The highest BCUT2D eigenvalue weighted by Gasteiger charge is 2.46. The highest BCUT2D eigenvalue weighted by molar-refractivity contribution is 6.46. The average molecular weight is 551 g/mol. The Morgan fingerprint density at radius 1 is 1.12 bits per heavy atom. The van der Waals surface area contributed by atoms with E-state index >= 15 is 0 Å². The van der Waals surface area contributed by atoms with E-state index in [2.05, 4.69) is 13.8 Å². The first-order valence-corrected chi connectivity index (χ1v) is 14.2. The molecule has 0 radical (unpaired) electrons. The number of carbonyl (C=O) groups excluding carboxylic acids is 2. The number of rotatable bonds is 12. The van der Waals surface area contributed by atoms with Gasteiger partial charge in [0.15, 0.2) is 11.5 Å². The highest BCUT2D eigenvalue weighted by atomic mass is 16.5. The lowest BCUT2D eigenvalue weighted by Crippen LogP contribution is -2.32. The van der Waals surface area contributed by atoms with Gasteiger partial charge in [0.2, 0.25) is 0 Å². The lowest BCUT2D eigenvalue weighted by molar-refractivity contribution is -0.139. The molecular weight excluding hydrogens is 508 g/mol. The average Bonchev–Trinajstić information content (AvgIpc) is 3.39. The summed E-state index contributed by atoms with van der Waals surface area (Å²) in [5.74, 6) is 0.960. The fourth-order valence-corrected chi connectivity index (χ4v) is 5.23. The number of amides is 1. The van der Waals surface area contributed by atoms with Gasteiger partial charge in [-0.2, -0.15) is 0 Å². The first-order chi connectivity index (χ1) is 19.1. The largest absolute Gasteiger partial charge is 0.507 e. The van der Waals surface area contributed by atoms with Crippen molar-refractivity contribution < 1.29 is 28.9 Å². The van der Waals surface area contributed by atoms with Crippen molar-refractivity contribution in [2.45, 2.75) is 59.1 Å². The summed E-state index contributed by atoms with van der Waals surface area (Å²) < 4.78 is 17.8. The molecule has 2 aliphatic rings. The number of ether oxygens (including phenoxy) is 3. The van der Waals surface area contributed by atoms with Gasteiger partial charge in [0.05, 0.1) is 24.8 Å². The van der Waals surface area contributed by atoms with Crippen molar-refractivity contribution >= 4 is 17.4 Å². The standard InChI is InChI=1S/C32H42N2O6/c1-7-38-27-19-22(9-12-26(27)39-16-13-20(2)3)29-28(31(36)32(37)34(29)15-8-14-33(5)6)30(35)23-10-11-25-24(18-23)17-21(4)40-25/h9-12,18-21,29,35H,7-8,13-17H2,1-6H3/b30-28+/t21-,29+/m1/s1. The van der Waals surface area contributed by atoms with Crippen LogP contribution < -0.4 is 14.2 Å². The van der Waals surface area contributed by atoms with Crippen LogP contribution in [0.1, 0.15) is 63.3 Å². The quantitative estimate of drug-likeness (QED) is 0.221. The number of aliphatic hydroxyl groups is 1. The molecule has 2 aromatic carbocycles. The summed E-state index contributed by atoms with van der Waals surface area (Å²) in [4.78, 5) is 30.5. The fourth-order valence-electron chi connectivity index (χ4n) is 5.23. The SMILES string of the molecule is CCOc1cc([C@H]2/C(=C(\O)c3ccc4c(c3)C[C@@H](C)O4)C(=O)C(=O)N2CCCN(C)C)ccc1OCCC(C)C. The molecule has 1 fully saturated rings. The van der Waals surface area contributed by atoms with Crippen molar-refractivity contribution in [2.24, 2.45) is 5.92 Å². The van der Waals surface area contributed by atoms with Gasteiger partial charge in [-0.1, -0.05) is 19.9 Å². The minimum atomic E-state index is -0.755. The number of benzene rings is 2. The molecule has 4 rings (SSSR count). The second-order valence-corrected chi connectivity index (χ2v) is 11.3. The molecule has 0 bridgehead atoms. The molecule has 1 amide bonds. The number of carbonyl (C=O) groups is 2. The molecule has 8 nitrogen and oxygen atoms in total. The van der Waals surface area contributed by atoms with Crippen LogP contribution in [0.15, 0.2) is 42.0 Å². The van der Waals surface area contributed by atoms with Crippen LogP contribution in [0, 0.1) is 5.92 Å². The van der Waals surface area contributed by atoms with Gasteiger partial charge in [0.25, 0.3) is 11.7 Å². The minimum Gasteiger partial charge on any atom is -0.507 e. The topological polar surface area (TPSA) is 88.5 Å². The van der Waals surface area contributed by atoms with E-state index in [0.29, 0.717) is 54.7 Å². The lowest BCUT2D eigenvalue weighted by atomic mass is 9.94. The summed E-state index contributed by atoms with van der Waals surface area (Å²) in [5, 5.41) is 11.5. The molecule has 2 aromatic rings. The van der Waals surface area contributed by atoms with Crippen LogP contribution in [-0.4, -0.2) is 73.1 Å². The van der Waals surface area contributed by atoms with E-state index in [1.165, 1.54) is 0 Å². The number of ketones is 1. The number of hydrogen-bond acceptors (Lipinski definition) is 7. The zero-order valence-electron chi connectivity index (χ0n) is 24.5.